The van der Waals surface area contributed by atoms with Gasteiger partial charge in [-0.15, -0.1) is 0 Å². The lowest BCUT2D eigenvalue weighted by molar-refractivity contribution is 0.243. The molecular formula is C14H19ClFN. The van der Waals surface area contributed by atoms with Gasteiger partial charge < -0.3 is 5.73 Å². The molecule has 1 aromatic carbocycles. The highest BCUT2D eigenvalue weighted by Gasteiger charge is 2.31. The minimum atomic E-state index is -0.350. The molecule has 0 bridgehead atoms. The van der Waals surface area contributed by atoms with Crippen LogP contribution in [0.3, 0.4) is 0 Å². The van der Waals surface area contributed by atoms with Crippen molar-refractivity contribution < 1.29 is 4.39 Å². The lowest BCUT2D eigenvalue weighted by atomic mass is 9.75. The third-order valence-corrected chi connectivity index (χ3v) is 4.27. The topological polar surface area (TPSA) is 26.0 Å². The Balaban J connectivity index is 2.12. The van der Waals surface area contributed by atoms with Crippen molar-refractivity contribution in [2.45, 2.75) is 44.6 Å². The lowest BCUT2D eigenvalue weighted by Gasteiger charge is -2.36. The van der Waals surface area contributed by atoms with Crippen molar-refractivity contribution >= 4 is 11.6 Å². The van der Waals surface area contributed by atoms with Crippen molar-refractivity contribution in [2.24, 2.45) is 11.7 Å². The van der Waals surface area contributed by atoms with E-state index < -0.39 is 0 Å². The fourth-order valence-electron chi connectivity index (χ4n) is 2.58. The summed E-state index contributed by atoms with van der Waals surface area (Å²) < 4.78 is 13.3. The average Bonchev–Trinajstić information content (AvgIpc) is 2.30. The molecule has 94 valence electrons. The molecule has 1 aliphatic carbocycles. The van der Waals surface area contributed by atoms with Gasteiger partial charge >= 0.3 is 0 Å². The van der Waals surface area contributed by atoms with E-state index in [1.807, 2.05) is 6.07 Å². The number of nitrogens with two attached hydrogens (primary N) is 1. The summed E-state index contributed by atoms with van der Waals surface area (Å²) in [6.45, 7) is 2.26. The molecule has 1 aromatic rings. The van der Waals surface area contributed by atoms with Crippen LogP contribution in [0, 0.1) is 11.7 Å². The number of benzene rings is 1. The molecule has 17 heavy (non-hydrogen) atoms. The van der Waals surface area contributed by atoms with Gasteiger partial charge in [-0.1, -0.05) is 30.7 Å². The van der Waals surface area contributed by atoms with Crippen molar-refractivity contribution in [1.29, 1.82) is 0 Å². The smallest absolute Gasteiger partial charge is 0.142 e. The standard InChI is InChI=1S/C14H19ClFN/c1-10-5-7-14(17,8-6-10)9-11-3-2-4-12(16)13(11)15/h2-4,10H,5-9,17H2,1H3. The van der Waals surface area contributed by atoms with Crippen LogP contribution in [0.1, 0.15) is 38.2 Å². The van der Waals surface area contributed by atoms with Gasteiger partial charge in [0.15, 0.2) is 0 Å². The third kappa shape index (κ3) is 2.99. The molecule has 0 spiro atoms. The van der Waals surface area contributed by atoms with E-state index in [1.54, 1.807) is 6.07 Å². The quantitative estimate of drug-likeness (QED) is 0.851. The molecule has 3 heteroatoms. The monoisotopic (exact) mass is 255 g/mol. The van der Waals surface area contributed by atoms with Crippen molar-refractivity contribution in [2.75, 3.05) is 0 Å². The highest BCUT2D eigenvalue weighted by Crippen LogP contribution is 2.34. The molecule has 1 fully saturated rings. The van der Waals surface area contributed by atoms with E-state index in [2.05, 4.69) is 6.92 Å². The molecule has 2 rings (SSSR count). The predicted molar refractivity (Wildman–Crippen MR) is 69.7 cm³/mol. The first-order chi connectivity index (χ1) is 8.00. The molecule has 1 nitrogen and oxygen atoms in total. The second-order valence-electron chi connectivity index (χ2n) is 5.43. The molecule has 0 aliphatic heterocycles. The zero-order valence-corrected chi connectivity index (χ0v) is 10.9. The first-order valence-electron chi connectivity index (χ1n) is 6.22. The molecule has 2 N–H and O–H groups in total. The normalized spacial score (nSPS) is 29.3. The van der Waals surface area contributed by atoms with Crippen LogP contribution in [0.4, 0.5) is 4.39 Å². The summed E-state index contributed by atoms with van der Waals surface area (Å²) in [6.07, 6.45) is 4.99. The minimum Gasteiger partial charge on any atom is -0.325 e. The van der Waals surface area contributed by atoms with E-state index in [0.29, 0.717) is 6.42 Å². The van der Waals surface area contributed by atoms with Crippen LogP contribution >= 0.6 is 11.6 Å². The van der Waals surface area contributed by atoms with Gasteiger partial charge in [-0.2, -0.15) is 0 Å². The zero-order chi connectivity index (χ0) is 12.5. The Bertz CT molecular complexity index is 397. The van der Waals surface area contributed by atoms with E-state index in [4.69, 9.17) is 17.3 Å². The van der Waals surface area contributed by atoms with Crippen LogP contribution in [0.15, 0.2) is 18.2 Å². The van der Waals surface area contributed by atoms with Crippen molar-refractivity contribution in [3.05, 3.63) is 34.6 Å². The average molecular weight is 256 g/mol. The van der Waals surface area contributed by atoms with E-state index in [0.717, 1.165) is 37.2 Å². The second-order valence-corrected chi connectivity index (χ2v) is 5.81. The molecule has 1 saturated carbocycles. The van der Waals surface area contributed by atoms with Crippen molar-refractivity contribution in [1.82, 2.24) is 0 Å². The maximum absolute atomic E-state index is 13.3. The van der Waals surface area contributed by atoms with Crippen LogP contribution in [0.2, 0.25) is 5.02 Å². The zero-order valence-electron chi connectivity index (χ0n) is 10.2. The van der Waals surface area contributed by atoms with E-state index in [9.17, 15) is 4.39 Å². The van der Waals surface area contributed by atoms with Crippen LogP contribution in [-0.4, -0.2) is 5.54 Å². The van der Waals surface area contributed by atoms with E-state index in [1.165, 1.54) is 6.07 Å². The molecule has 0 heterocycles. The highest BCUT2D eigenvalue weighted by molar-refractivity contribution is 6.31. The van der Waals surface area contributed by atoms with Crippen LogP contribution in [0.5, 0.6) is 0 Å². The summed E-state index contributed by atoms with van der Waals surface area (Å²) in [5.41, 5.74) is 7.02. The van der Waals surface area contributed by atoms with Gasteiger partial charge in [-0.3, -0.25) is 0 Å². The van der Waals surface area contributed by atoms with E-state index in [-0.39, 0.29) is 16.4 Å². The highest BCUT2D eigenvalue weighted by atomic mass is 35.5. The summed E-state index contributed by atoms with van der Waals surface area (Å²) in [5.74, 6) is 0.409. The van der Waals surface area contributed by atoms with Gasteiger partial charge in [0.25, 0.3) is 0 Å². The Hall–Kier alpha value is -0.600. The van der Waals surface area contributed by atoms with Crippen molar-refractivity contribution in [3.63, 3.8) is 0 Å². The molecule has 0 unspecified atom stereocenters. The molecular weight excluding hydrogens is 237 g/mol. The predicted octanol–water partition coefficient (Wildman–Crippen LogP) is 3.93. The number of hydrogen-bond acceptors (Lipinski definition) is 1. The SMILES string of the molecule is CC1CCC(N)(Cc2cccc(F)c2Cl)CC1. The van der Waals surface area contributed by atoms with Gasteiger partial charge in [0.2, 0.25) is 0 Å². The van der Waals surface area contributed by atoms with E-state index >= 15 is 0 Å². The van der Waals surface area contributed by atoms with Crippen molar-refractivity contribution in [3.8, 4) is 0 Å². The minimum absolute atomic E-state index is 0.204. The maximum Gasteiger partial charge on any atom is 0.142 e. The summed E-state index contributed by atoms with van der Waals surface area (Å²) in [6, 6.07) is 4.96. The number of halogens is 2. The second kappa shape index (κ2) is 4.95. The third-order valence-electron chi connectivity index (χ3n) is 3.84. The molecule has 1 aliphatic rings. The molecule has 0 saturated heterocycles. The maximum atomic E-state index is 13.3. The first-order valence-corrected chi connectivity index (χ1v) is 6.60. The molecule has 0 aromatic heterocycles. The van der Waals surface area contributed by atoms with Gasteiger partial charge in [0.05, 0.1) is 5.02 Å². The molecule has 0 amide bonds. The Morgan fingerprint density at radius 3 is 2.71 bits per heavy atom. The molecule has 0 atom stereocenters. The lowest BCUT2D eigenvalue weighted by Crippen LogP contribution is -2.45. The summed E-state index contributed by atoms with van der Waals surface area (Å²) >= 11 is 5.97. The Morgan fingerprint density at radius 2 is 2.06 bits per heavy atom. The fourth-order valence-corrected chi connectivity index (χ4v) is 2.77. The van der Waals surface area contributed by atoms with Gasteiger partial charge in [-0.05, 0) is 49.7 Å². The largest absolute Gasteiger partial charge is 0.325 e. The first kappa shape index (κ1) is 12.8. The Morgan fingerprint density at radius 1 is 1.41 bits per heavy atom. The summed E-state index contributed by atoms with van der Waals surface area (Å²) in [4.78, 5) is 0. The summed E-state index contributed by atoms with van der Waals surface area (Å²) in [7, 11) is 0. The Kier molecular flexibility index (Phi) is 3.74. The fraction of sp³-hybridized carbons (Fsp3) is 0.571. The molecule has 0 radical (unpaired) electrons. The van der Waals surface area contributed by atoms with Crippen LogP contribution < -0.4 is 5.73 Å². The van der Waals surface area contributed by atoms with Crippen LogP contribution in [-0.2, 0) is 6.42 Å². The van der Waals surface area contributed by atoms with Gasteiger partial charge in [0, 0.05) is 5.54 Å². The van der Waals surface area contributed by atoms with Gasteiger partial charge in [0.1, 0.15) is 5.82 Å². The summed E-state index contributed by atoms with van der Waals surface area (Å²) in [5, 5.41) is 0.232. The number of hydrogen-bond donors (Lipinski definition) is 1. The van der Waals surface area contributed by atoms with Crippen LogP contribution in [0.25, 0.3) is 0 Å². The Labute approximate surface area is 107 Å². The number of rotatable bonds is 2. The van der Waals surface area contributed by atoms with Gasteiger partial charge in [-0.25, -0.2) is 4.39 Å².